The average molecular weight is 366 g/mol. The van der Waals surface area contributed by atoms with Crippen LogP contribution in [0.15, 0.2) is 18.2 Å². The Hall–Kier alpha value is -1.75. The van der Waals surface area contributed by atoms with Crippen LogP contribution >= 0.6 is 0 Å². The molecule has 0 amide bonds. The molecular formula is C21H35NO4. The van der Waals surface area contributed by atoms with E-state index in [1.807, 2.05) is 0 Å². The Kier molecular flexibility index (Phi) is 11.5. The van der Waals surface area contributed by atoms with E-state index in [9.17, 15) is 15.0 Å². The van der Waals surface area contributed by atoms with Gasteiger partial charge >= 0.3 is 5.97 Å². The molecule has 1 atom stereocenters. The summed E-state index contributed by atoms with van der Waals surface area (Å²) in [5.74, 6) is -0.826. The van der Waals surface area contributed by atoms with Crippen LogP contribution in [0.5, 0.6) is 11.5 Å². The molecule has 0 aromatic heterocycles. The summed E-state index contributed by atoms with van der Waals surface area (Å²) in [6, 6.07) is 3.66. The SMILES string of the molecule is CCCCCCCCCCCCOC(=O)[C@@H](N)Cc1ccc(O)c(O)c1. The van der Waals surface area contributed by atoms with Gasteiger partial charge < -0.3 is 20.7 Å². The van der Waals surface area contributed by atoms with Crippen LogP contribution in [0.1, 0.15) is 76.7 Å². The minimum Gasteiger partial charge on any atom is -0.504 e. The highest BCUT2D eigenvalue weighted by Crippen LogP contribution is 2.25. The second-order valence-corrected chi connectivity index (χ2v) is 6.98. The van der Waals surface area contributed by atoms with Gasteiger partial charge in [-0.05, 0) is 30.5 Å². The Balaban J connectivity index is 2.04. The van der Waals surface area contributed by atoms with Crippen molar-refractivity contribution in [2.24, 2.45) is 5.73 Å². The molecule has 0 aliphatic heterocycles. The van der Waals surface area contributed by atoms with Crippen LogP contribution in [0.2, 0.25) is 0 Å². The number of hydrogen-bond donors (Lipinski definition) is 3. The first-order valence-electron chi connectivity index (χ1n) is 9.97. The highest BCUT2D eigenvalue weighted by Gasteiger charge is 2.16. The lowest BCUT2D eigenvalue weighted by Crippen LogP contribution is -2.34. The average Bonchev–Trinajstić information content (AvgIpc) is 2.62. The van der Waals surface area contributed by atoms with Gasteiger partial charge in [0.15, 0.2) is 11.5 Å². The molecule has 0 bridgehead atoms. The minimum atomic E-state index is -0.762. The number of carbonyl (C=O) groups excluding carboxylic acids is 1. The molecule has 4 N–H and O–H groups in total. The van der Waals surface area contributed by atoms with Crippen molar-refractivity contribution in [1.29, 1.82) is 0 Å². The van der Waals surface area contributed by atoms with Crippen LogP contribution in [0.3, 0.4) is 0 Å². The van der Waals surface area contributed by atoms with Crippen molar-refractivity contribution in [2.75, 3.05) is 6.61 Å². The molecule has 5 nitrogen and oxygen atoms in total. The Morgan fingerprint density at radius 3 is 2.12 bits per heavy atom. The zero-order valence-corrected chi connectivity index (χ0v) is 16.1. The van der Waals surface area contributed by atoms with Crippen molar-refractivity contribution in [3.05, 3.63) is 23.8 Å². The predicted octanol–water partition coefficient (Wildman–Crippen LogP) is 4.43. The first kappa shape index (κ1) is 22.3. The topological polar surface area (TPSA) is 92.8 Å². The summed E-state index contributed by atoms with van der Waals surface area (Å²) in [7, 11) is 0. The number of ether oxygens (including phenoxy) is 1. The van der Waals surface area contributed by atoms with Crippen LogP contribution in [0.4, 0.5) is 0 Å². The highest BCUT2D eigenvalue weighted by atomic mass is 16.5. The Morgan fingerprint density at radius 1 is 0.962 bits per heavy atom. The predicted molar refractivity (Wildman–Crippen MR) is 104 cm³/mol. The molecule has 0 spiro atoms. The van der Waals surface area contributed by atoms with E-state index in [-0.39, 0.29) is 17.9 Å². The Bertz CT molecular complexity index is 519. The summed E-state index contributed by atoms with van der Waals surface area (Å²) in [6.45, 7) is 2.64. The number of unbranched alkanes of at least 4 members (excludes halogenated alkanes) is 9. The fraction of sp³-hybridized carbons (Fsp3) is 0.667. The van der Waals surface area contributed by atoms with Crippen molar-refractivity contribution < 1.29 is 19.7 Å². The molecule has 1 rings (SSSR count). The van der Waals surface area contributed by atoms with E-state index < -0.39 is 12.0 Å². The van der Waals surface area contributed by atoms with Crippen molar-refractivity contribution in [2.45, 2.75) is 83.6 Å². The van der Waals surface area contributed by atoms with Crippen LogP contribution in [-0.4, -0.2) is 28.8 Å². The molecule has 1 aromatic rings. The van der Waals surface area contributed by atoms with Gasteiger partial charge in [-0.2, -0.15) is 0 Å². The molecule has 1 aromatic carbocycles. The number of phenolic OH excluding ortho intramolecular Hbond substituents is 2. The summed E-state index contributed by atoms with van der Waals surface area (Å²) in [5.41, 5.74) is 6.53. The lowest BCUT2D eigenvalue weighted by Gasteiger charge is -2.12. The first-order valence-corrected chi connectivity index (χ1v) is 9.97. The summed E-state index contributed by atoms with van der Waals surface area (Å²) >= 11 is 0. The third kappa shape index (κ3) is 9.66. The number of aromatic hydroxyl groups is 2. The molecule has 0 unspecified atom stereocenters. The van der Waals surface area contributed by atoms with Crippen molar-refractivity contribution >= 4 is 5.97 Å². The summed E-state index contributed by atoms with van der Waals surface area (Å²) < 4.78 is 5.23. The number of hydrogen-bond acceptors (Lipinski definition) is 5. The second-order valence-electron chi connectivity index (χ2n) is 6.98. The van der Waals surface area contributed by atoms with E-state index in [1.54, 1.807) is 6.07 Å². The van der Waals surface area contributed by atoms with Gasteiger partial charge in [-0.15, -0.1) is 0 Å². The van der Waals surface area contributed by atoms with Gasteiger partial charge in [-0.25, -0.2) is 0 Å². The largest absolute Gasteiger partial charge is 0.504 e. The van der Waals surface area contributed by atoms with E-state index >= 15 is 0 Å². The van der Waals surface area contributed by atoms with Gasteiger partial charge in [0.1, 0.15) is 6.04 Å². The highest BCUT2D eigenvalue weighted by molar-refractivity contribution is 5.75. The van der Waals surface area contributed by atoms with Crippen LogP contribution in [-0.2, 0) is 16.0 Å². The molecule has 0 radical (unpaired) electrons. The second kappa shape index (κ2) is 13.5. The summed E-state index contributed by atoms with van der Waals surface area (Å²) in [6.07, 6.45) is 12.6. The number of esters is 1. The maximum atomic E-state index is 11.9. The zero-order chi connectivity index (χ0) is 19.2. The van der Waals surface area contributed by atoms with Crippen LogP contribution in [0, 0.1) is 0 Å². The lowest BCUT2D eigenvalue weighted by molar-refractivity contribution is -0.145. The molecule has 148 valence electrons. The van der Waals surface area contributed by atoms with Gasteiger partial charge in [0, 0.05) is 0 Å². The Labute approximate surface area is 157 Å². The molecule has 0 aliphatic rings. The quantitative estimate of drug-likeness (QED) is 0.258. The molecule has 5 heteroatoms. The van der Waals surface area contributed by atoms with Gasteiger partial charge in [-0.3, -0.25) is 4.79 Å². The third-order valence-electron chi connectivity index (χ3n) is 4.54. The van der Waals surface area contributed by atoms with Crippen molar-refractivity contribution in [3.63, 3.8) is 0 Å². The minimum absolute atomic E-state index is 0.189. The van der Waals surface area contributed by atoms with Crippen LogP contribution < -0.4 is 5.73 Å². The molecule has 0 saturated heterocycles. The molecule has 26 heavy (non-hydrogen) atoms. The number of phenols is 2. The normalized spacial score (nSPS) is 12.1. The van der Waals surface area contributed by atoms with Crippen molar-refractivity contribution in [1.82, 2.24) is 0 Å². The number of rotatable bonds is 14. The lowest BCUT2D eigenvalue weighted by atomic mass is 10.1. The van der Waals surface area contributed by atoms with Gasteiger partial charge in [0.2, 0.25) is 0 Å². The fourth-order valence-electron chi connectivity index (χ4n) is 2.90. The van der Waals surface area contributed by atoms with Gasteiger partial charge in [-0.1, -0.05) is 70.8 Å². The number of carbonyl (C=O) groups is 1. The maximum Gasteiger partial charge on any atom is 0.323 e. The maximum absolute atomic E-state index is 11.9. The molecule has 0 heterocycles. The summed E-state index contributed by atoms with van der Waals surface area (Å²) in [4.78, 5) is 11.9. The van der Waals surface area contributed by atoms with Gasteiger partial charge in [0.25, 0.3) is 0 Å². The molecule has 0 fully saturated rings. The third-order valence-corrected chi connectivity index (χ3v) is 4.54. The van der Waals surface area contributed by atoms with E-state index in [0.29, 0.717) is 12.2 Å². The monoisotopic (exact) mass is 365 g/mol. The molecule has 0 saturated carbocycles. The van der Waals surface area contributed by atoms with Crippen molar-refractivity contribution in [3.8, 4) is 11.5 Å². The number of benzene rings is 1. The zero-order valence-electron chi connectivity index (χ0n) is 16.1. The molecule has 0 aliphatic carbocycles. The Morgan fingerprint density at radius 2 is 1.54 bits per heavy atom. The smallest absolute Gasteiger partial charge is 0.323 e. The van der Waals surface area contributed by atoms with Gasteiger partial charge in [0.05, 0.1) is 6.61 Å². The standard InChI is InChI=1S/C21H35NO4/c1-2-3-4-5-6-7-8-9-10-11-14-26-21(25)18(22)15-17-12-13-19(23)20(24)16-17/h12-13,16,18,23-24H,2-11,14-15,22H2,1H3/t18-/m0/s1. The van der Waals surface area contributed by atoms with Crippen LogP contribution in [0.25, 0.3) is 0 Å². The molecular weight excluding hydrogens is 330 g/mol. The van der Waals surface area contributed by atoms with E-state index in [0.717, 1.165) is 12.8 Å². The van der Waals surface area contributed by atoms with E-state index in [1.165, 1.54) is 63.5 Å². The van der Waals surface area contributed by atoms with E-state index in [2.05, 4.69) is 6.92 Å². The van der Waals surface area contributed by atoms with E-state index in [4.69, 9.17) is 10.5 Å². The number of nitrogens with two attached hydrogens (primary N) is 1. The first-order chi connectivity index (χ1) is 12.5. The fourth-order valence-corrected chi connectivity index (χ4v) is 2.90. The summed E-state index contributed by atoms with van der Waals surface area (Å²) in [5, 5.41) is 18.7.